The van der Waals surface area contributed by atoms with Gasteiger partial charge in [0.05, 0.1) is 12.2 Å². The molecule has 3 nitrogen and oxygen atoms in total. The molecule has 0 spiro atoms. The fourth-order valence-corrected chi connectivity index (χ4v) is 3.29. The van der Waals surface area contributed by atoms with Gasteiger partial charge in [-0.05, 0) is 43.5 Å². The Bertz CT molecular complexity index is 599. The molecule has 0 atom stereocenters. The van der Waals surface area contributed by atoms with E-state index in [1.807, 2.05) is 0 Å². The third-order valence-corrected chi connectivity index (χ3v) is 4.25. The van der Waals surface area contributed by atoms with Gasteiger partial charge in [-0.2, -0.15) is 0 Å². The predicted molar refractivity (Wildman–Crippen MR) is 93.2 cm³/mol. The highest BCUT2D eigenvalue weighted by Crippen LogP contribution is 2.26. The third kappa shape index (κ3) is 4.24. The van der Waals surface area contributed by atoms with Gasteiger partial charge >= 0.3 is 0 Å². The Balaban J connectivity index is 2.08. The van der Waals surface area contributed by atoms with Crippen molar-refractivity contribution in [2.24, 2.45) is 0 Å². The summed E-state index contributed by atoms with van der Waals surface area (Å²) in [6.45, 7) is 7.02. The number of hydrogen-bond donors (Lipinski definition) is 2. The molecule has 1 heterocycles. The molecule has 0 fully saturated rings. The largest absolute Gasteiger partial charge is 0.379 e. The monoisotopic (exact) mass is 369 g/mol. The predicted octanol–water partition coefficient (Wildman–Crippen LogP) is 5.40. The first-order chi connectivity index (χ1) is 10.0. The van der Waals surface area contributed by atoms with Crippen molar-refractivity contribution in [1.29, 1.82) is 0 Å². The van der Waals surface area contributed by atoms with E-state index in [1.54, 1.807) is 0 Å². The van der Waals surface area contributed by atoms with E-state index in [-0.39, 0.29) is 0 Å². The van der Waals surface area contributed by atoms with Crippen molar-refractivity contribution >= 4 is 33.2 Å². The first-order valence-electron chi connectivity index (χ1n) is 7.25. The SMILES string of the molecule is CCCCc1nc(Cl)c(CNc2c(C)cc(Br)cc2C)[nH]1. The van der Waals surface area contributed by atoms with Gasteiger partial charge in [-0.3, -0.25) is 0 Å². The summed E-state index contributed by atoms with van der Waals surface area (Å²) < 4.78 is 1.10. The van der Waals surface area contributed by atoms with Crippen LogP contribution in [0.25, 0.3) is 0 Å². The van der Waals surface area contributed by atoms with Gasteiger partial charge in [-0.1, -0.05) is 40.9 Å². The number of nitrogens with zero attached hydrogens (tertiary/aromatic N) is 1. The number of aromatic nitrogens is 2. The second kappa shape index (κ2) is 7.32. The Morgan fingerprint density at radius 2 is 1.95 bits per heavy atom. The van der Waals surface area contributed by atoms with E-state index in [2.05, 4.69) is 64.1 Å². The number of nitrogens with one attached hydrogen (secondary N) is 2. The quantitative estimate of drug-likeness (QED) is 0.715. The minimum absolute atomic E-state index is 0.570. The number of hydrogen-bond acceptors (Lipinski definition) is 2. The minimum atomic E-state index is 0.570. The van der Waals surface area contributed by atoms with Crippen LogP contribution in [0.2, 0.25) is 5.15 Å². The number of H-pyrrole nitrogens is 1. The zero-order valence-electron chi connectivity index (χ0n) is 12.7. The van der Waals surface area contributed by atoms with Crippen molar-refractivity contribution in [1.82, 2.24) is 9.97 Å². The molecule has 114 valence electrons. The van der Waals surface area contributed by atoms with E-state index >= 15 is 0 Å². The molecular weight excluding hydrogens is 350 g/mol. The normalized spacial score (nSPS) is 10.9. The fourth-order valence-electron chi connectivity index (χ4n) is 2.39. The molecule has 21 heavy (non-hydrogen) atoms. The van der Waals surface area contributed by atoms with Gasteiger partial charge in [-0.15, -0.1) is 0 Å². The summed E-state index contributed by atoms with van der Waals surface area (Å²) in [6.07, 6.45) is 3.23. The van der Waals surface area contributed by atoms with Gasteiger partial charge in [0.2, 0.25) is 0 Å². The zero-order chi connectivity index (χ0) is 15.4. The summed E-state index contributed by atoms with van der Waals surface area (Å²) >= 11 is 9.72. The smallest absolute Gasteiger partial charge is 0.152 e. The Hall–Kier alpha value is -1.00. The fraction of sp³-hybridized carbons (Fsp3) is 0.438. The molecule has 0 unspecified atom stereocenters. The number of rotatable bonds is 6. The summed E-state index contributed by atoms with van der Waals surface area (Å²) in [4.78, 5) is 7.70. The van der Waals surface area contributed by atoms with Gasteiger partial charge in [0.25, 0.3) is 0 Å². The second-order valence-corrected chi connectivity index (χ2v) is 6.60. The Morgan fingerprint density at radius 1 is 1.29 bits per heavy atom. The van der Waals surface area contributed by atoms with Crippen LogP contribution < -0.4 is 5.32 Å². The molecule has 0 saturated carbocycles. The maximum atomic E-state index is 6.21. The number of aromatic amines is 1. The highest BCUT2D eigenvalue weighted by molar-refractivity contribution is 9.10. The summed E-state index contributed by atoms with van der Waals surface area (Å²) in [7, 11) is 0. The lowest BCUT2D eigenvalue weighted by Crippen LogP contribution is -2.04. The van der Waals surface area contributed by atoms with Crippen molar-refractivity contribution in [3.05, 3.63) is 44.4 Å². The van der Waals surface area contributed by atoms with Gasteiger partial charge < -0.3 is 10.3 Å². The van der Waals surface area contributed by atoms with E-state index in [0.717, 1.165) is 40.9 Å². The minimum Gasteiger partial charge on any atom is -0.379 e. The zero-order valence-corrected chi connectivity index (χ0v) is 15.0. The first kappa shape index (κ1) is 16.4. The average Bonchev–Trinajstić information content (AvgIpc) is 2.76. The molecule has 0 aliphatic rings. The molecule has 5 heteroatoms. The molecule has 0 saturated heterocycles. The maximum absolute atomic E-state index is 6.21. The topological polar surface area (TPSA) is 40.7 Å². The van der Waals surface area contributed by atoms with Crippen molar-refractivity contribution in [3.63, 3.8) is 0 Å². The Labute approximate surface area is 139 Å². The average molecular weight is 371 g/mol. The number of unbranched alkanes of at least 4 members (excludes halogenated alkanes) is 1. The standard InChI is InChI=1S/C16H21BrClN3/c1-4-5-6-14-20-13(16(18)21-14)9-19-15-10(2)7-12(17)8-11(15)3/h7-8,19H,4-6,9H2,1-3H3,(H,20,21). The maximum Gasteiger partial charge on any atom is 0.152 e. The lowest BCUT2D eigenvalue weighted by Gasteiger charge is -2.12. The van der Waals surface area contributed by atoms with Crippen LogP contribution in [0, 0.1) is 13.8 Å². The van der Waals surface area contributed by atoms with Crippen LogP contribution in [0.3, 0.4) is 0 Å². The van der Waals surface area contributed by atoms with Crippen LogP contribution in [0.5, 0.6) is 0 Å². The van der Waals surface area contributed by atoms with E-state index in [1.165, 1.54) is 11.1 Å². The Morgan fingerprint density at radius 3 is 2.57 bits per heavy atom. The molecule has 0 amide bonds. The van der Waals surface area contributed by atoms with Crippen LogP contribution >= 0.6 is 27.5 Å². The van der Waals surface area contributed by atoms with E-state index in [0.29, 0.717) is 11.7 Å². The van der Waals surface area contributed by atoms with Crippen molar-refractivity contribution in [2.75, 3.05) is 5.32 Å². The van der Waals surface area contributed by atoms with Crippen LogP contribution in [0.4, 0.5) is 5.69 Å². The van der Waals surface area contributed by atoms with Gasteiger partial charge in [0.15, 0.2) is 5.15 Å². The van der Waals surface area contributed by atoms with E-state index in [4.69, 9.17) is 11.6 Å². The summed E-state index contributed by atoms with van der Waals surface area (Å²) in [5, 5.41) is 4.03. The second-order valence-electron chi connectivity index (χ2n) is 5.32. The number of halogens is 2. The Kier molecular flexibility index (Phi) is 5.71. The van der Waals surface area contributed by atoms with Crippen LogP contribution in [0.15, 0.2) is 16.6 Å². The third-order valence-electron chi connectivity index (χ3n) is 3.48. The van der Waals surface area contributed by atoms with Crippen molar-refractivity contribution in [3.8, 4) is 0 Å². The molecule has 2 N–H and O–H groups in total. The lowest BCUT2D eigenvalue weighted by atomic mass is 10.1. The molecule has 0 bridgehead atoms. The van der Waals surface area contributed by atoms with Crippen molar-refractivity contribution < 1.29 is 0 Å². The number of anilines is 1. The number of aryl methyl sites for hydroxylation is 3. The highest BCUT2D eigenvalue weighted by Gasteiger charge is 2.09. The van der Waals surface area contributed by atoms with Gasteiger partial charge in [0.1, 0.15) is 5.82 Å². The van der Waals surface area contributed by atoms with E-state index in [9.17, 15) is 0 Å². The molecule has 0 radical (unpaired) electrons. The molecule has 0 aliphatic heterocycles. The van der Waals surface area contributed by atoms with E-state index < -0.39 is 0 Å². The highest BCUT2D eigenvalue weighted by atomic mass is 79.9. The summed E-state index contributed by atoms with van der Waals surface area (Å²) in [5.41, 5.74) is 4.52. The molecule has 0 aliphatic carbocycles. The van der Waals surface area contributed by atoms with Gasteiger partial charge in [-0.25, -0.2) is 4.98 Å². The molecule has 2 aromatic rings. The van der Waals surface area contributed by atoms with Gasteiger partial charge in [0, 0.05) is 16.6 Å². The van der Waals surface area contributed by atoms with Crippen molar-refractivity contribution in [2.45, 2.75) is 46.6 Å². The molecule has 2 rings (SSSR count). The number of imidazole rings is 1. The molecule has 1 aromatic heterocycles. The first-order valence-corrected chi connectivity index (χ1v) is 8.42. The summed E-state index contributed by atoms with van der Waals surface area (Å²) in [5.74, 6) is 0.975. The lowest BCUT2D eigenvalue weighted by molar-refractivity contribution is 0.760. The van der Waals surface area contributed by atoms with Crippen LogP contribution in [0.1, 0.15) is 42.4 Å². The molecular formula is C16H21BrClN3. The van der Waals surface area contributed by atoms with Crippen LogP contribution in [-0.4, -0.2) is 9.97 Å². The molecule has 1 aromatic carbocycles. The number of benzene rings is 1. The summed E-state index contributed by atoms with van der Waals surface area (Å²) in [6, 6.07) is 4.22. The van der Waals surface area contributed by atoms with Crippen LogP contribution in [-0.2, 0) is 13.0 Å².